The fourth-order valence-corrected chi connectivity index (χ4v) is 1.98. The Kier molecular flexibility index (Phi) is 3.26. The van der Waals surface area contributed by atoms with E-state index in [-0.39, 0.29) is 11.6 Å². The van der Waals surface area contributed by atoms with Crippen LogP contribution in [0.25, 0.3) is 0 Å². The van der Waals surface area contributed by atoms with Gasteiger partial charge in [-0.3, -0.25) is 9.78 Å². The van der Waals surface area contributed by atoms with Crippen LogP contribution in [-0.2, 0) is 4.79 Å². The molecule has 6 heteroatoms. The Morgan fingerprint density at radius 1 is 1.56 bits per heavy atom. The molecule has 1 amide bonds. The quantitative estimate of drug-likeness (QED) is 0.871. The summed E-state index contributed by atoms with van der Waals surface area (Å²) in [4.78, 5) is 27.1. The second kappa shape index (κ2) is 4.57. The molecule has 2 rings (SSSR count). The summed E-state index contributed by atoms with van der Waals surface area (Å²) >= 11 is 5.76. The number of halogens is 1. The first-order valence-electron chi connectivity index (χ1n) is 5.61. The first-order chi connectivity index (χ1) is 8.43. The Labute approximate surface area is 109 Å². The lowest BCUT2D eigenvalue weighted by Gasteiger charge is -2.25. The van der Waals surface area contributed by atoms with E-state index in [1.165, 1.54) is 19.2 Å². The zero-order chi connectivity index (χ0) is 13.3. The molecule has 0 bridgehead atoms. The monoisotopic (exact) mass is 268 g/mol. The van der Waals surface area contributed by atoms with Gasteiger partial charge in [-0.1, -0.05) is 11.6 Å². The highest BCUT2D eigenvalue weighted by Gasteiger charge is 2.48. The molecule has 1 aromatic heterocycles. The zero-order valence-corrected chi connectivity index (χ0v) is 10.6. The highest BCUT2D eigenvalue weighted by atomic mass is 35.5. The third-order valence-corrected chi connectivity index (χ3v) is 3.40. The average Bonchev–Trinajstić information content (AvgIpc) is 3.12. The summed E-state index contributed by atoms with van der Waals surface area (Å²) in [5.74, 6) is -1.56. The fourth-order valence-electron chi connectivity index (χ4n) is 1.82. The number of amides is 1. The van der Waals surface area contributed by atoms with Gasteiger partial charge in [0, 0.05) is 11.2 Å². The molecule has 18 heavy (non-hydrogen) atoms. The number of pyridine rings is 1. The highest BCUT2D eigenvalue weighted by Crippen LogP contribution is 2.39. The number of rotatable bonds is 4. The summed E-state index contributed by atoms with van der Waals surface area (Å²) in [6, 6.07) is 2.96. The van der Waals surface area contributed by atoms with Crippen molar-refractivity contribution in [2.24, 2.45) is 5.92 Å². The van der Waals surface area contributed by atoms with Crippen molar-refractivity contribution in [3.8, 4) is 0 Å². The van der Waals surface area contributed by atoms with E-state index in [0.717, 1.165) is 12.8 Å². The number of hydrogen-bond donors (Lipinski definition) is 2. The van der Waals surface area contributed by atoms with E-state index in [2.05, 4.69) is 10.3 Å². The molecule has 0 spiro atoms. The maximum absolute atomic E-state index is 12.0. The minimum Gasteiger partial charge on any atom is -0.480 e. The maximum atomic E-state index is 12.0. The Hall–Kier alpha value is -1.62. The van der Waals surface area contributed by atoms with Crippen molar-refractivity contribution in [2.45, 2.75) is 25.3 Å². The molecule has 96 valence electrons. The van der Waals surface area contributed by atoms with Crippen molar-refractivity contribution in [2.75, 3.05) is 0 Å². The van der Waals surface area contributed by atoms with Crippen LogP contribution in [0.2, 0.25) is 5.02 Å². The SMILES string of the molecule is CC(NC(=O)c1cc(Cl)ccn1)(C(=O)O)C1CC1. The molecular formula is C12H13ClN2O3. The minimum absolute atomic E-state index is 0.0156. The molecule has 1 heterocycles. The Balaban J connectivity index is 2.17. The first kappa shape index (κ1) is 12.8. The summed E-state index contributed by atoms with van der Waals surface area (Å²) in [7, 11) is 0. The number of carbonyl (C=O) groups excluding carboxylic acids is 1. The topological polar surface area (TPSA) is 79.3 Å². The lowest BCUT2D eigenvalue weighted by atomic mass is 9.96. The summed E-state index contributed by atoms with van der Waals surface area (Å²) in [6.45, 7) is 1.52. The van der Waals surface area contributed by atoms with Crippen LogP contribution in [0.4, 0.5) is 0 Å². The van der Waals surface area contributed by atoms with Crippen LogP contribution < -0.4 is 5.32 Å². The molecule has 0 aromatic carbocycles. The number of carboxylic acid groups (broad SMARTS) is 1. The van der Waals surface area contributed by atoms with E-state index in [0.29, 0.717) is 5.02 Å². The van der Waals surface area contributed by atoms with Gasteiger partial charge < -0.3 is 10.4 Å². The third-order valence-electron chi connectivity index (χ3n) is 3.17. The van der Waals surface area contributed by atoms with Gasteiger partial charge in [-0.25, -0.2) is 4.79 Å². The van der Waals surface area contributed by atoms with E-state index in [9.17, 15) is 14.7 Å². The van der Waals surface area contributed by atoms with Gasteiger partial charge in [0.25, 0.3) is 5.91 Å². The van der Waals surface area contributed by atoms with Crippen LogP contribution in [0.15, 0.2) is 18.3 Å². The van der Waals surface area contributed by atoms with Gasteiger partial charge in [-0.05, 0) is 37.8 Å². The summed E-state index contributed by atoms with van der Waals surface area (Å²) in [6.07, 6.45) is 3.03. The number of carboxylic acids is 1. The maximum Gasteiger partial charge on any atom is 0.329 e. The molecule has 1 saturated carbocycles. The van der Waals surface area contributed by atoms with E-state index < -0.39 is 17.4 Å². The van der Waals surface area contributed by atoms with E-state index in [4.69, 9.17) is 11.6 Å². The summed E-state index contributed by atoms with van der Waals surface area (Å²) in [5.41, 5.74) is -1.11. The largest absolute Gasteiger partial charge is 0.480 e. The molecule has 1 atom stereocenters. The molecule has 0 radical (unpaired) electrons. The lowest BCUT2D eigenvalue weighted by molar-refractivity contribution is -0.144. The zero-order valence-electron chi connectivity index (χ0n) is 9.81. The third kappa shape index (κ3) is 2.46. The molecule has 1 unspecified atom stereocenters. The molecule has 0 aliphatic heterocycles. The molecule has 1 aliphatic rings. The van der Waals surface area contributed by atoms with Gasteiger partial charge in [0.2, 0.25) is 0 Å². The van der Waals surface area contributed by atoms with E-state index >= 15 is 0 Å². The average molecular weight is 269 g/mol. The van der Waals surface area contributed by atoms with Crippen LogP contribution in [-0.4, -0.2) is 27.5 Å². The van der Waals surface area contributed by atoms with Crippen LogP contribution in [0.5, 0.6) is 0 Å². The van der Waals surface area contributed by atoms with E-state index in [1.807, 2.05) is 0 Å². The first-order valence-corrected chi connectivity index (χ1v) is 5.99. The van der Waals surface area contributed by atoms with Crippen LogP contribution in [0, 0.1) is 5.92 Å². The van der Waals surface area contributed by atoms with Crippen molar-refractivity contribution in [1.29, 1.82) is 0 Å². The highest BCUT2D eigenvalue weighted by molar-refractivity contribution is 6.30. The van der Waals surface area contributed by atoms with Crippen molar-refractivity contribution in [3.63, 3.8) is 0 Å². The Morgan fingerprint density at radius 3 is 2.72 bits per heavy atom. The van der Waals surface area contributed by atoms with Crippen LogP contribution >= 0.6 is 11.6 Å². The van der Waals surface area contributed by atoms with Crippen LogP contribution in [0.3, 0.4) is 0 Å². The van der Waals surface area contributed by atoms with E-state index in [1.54, 1.807) is 6.07 Å². The molecular weight excluding hydrogens is 256 g/mol. The summed E-state index contributed by atoms with van der Waals surface area (Å²) in [5, 5.41) is 12.2. The number of nitrogens with zero attached hydrogens (tertiary/aromatic N) is 1. The van der Waals surface area contributed by atoms with Gasteiger partial charge in [-0.2, -0.15) is 0 Å². The molecule has 1 fully saturated rings. The minimum atomic E-state index is -1.24. The molecule has 1 aliphatic carbocycles. The number of aliphatic carboxylic acids is 1. The number of carbonyl (C=O) groups is 2. The Morgan fingerprint density at radius 2 is 2.22 bits per heavy atom. The number of nitrogens with one attached hydrogen (secondary N) is 1. The number of hydrogen-bond acceptors (Lipinski definition) is 3. The standard InChI is InChI=1S/C12H13ClN2O3/c1-12(11(17)18,7-2-3-7)15-10(16)9-6-8(13)4-5-14-9/h4-7H,2-3H2,1H3,(H,15,16)(H,17,18). The van der Waals surface area contributed by atoms with Gasteiger partial charge in [0.15, 0.2) is 0 Å². The molecule has 2 N–H and O–H groups in total. The van der Waals surface area contributed by atoms with Crippen molar-refractivity contribution in [1.82, 2.24) is 10.3 Å². The fraction of sp³-hybridized carbons (Fsp3) is 0.417. The van der Waals surface area contributed by atoms with Gasteiger partial charge >= 0.3 is 5.97 Å². The van der Waals surface area contributed by atoms with Crippen molar-refractivity contribution >= 4 is 23.5 Å². The normalized spacial score (nSPS) is 17.9. The molecule has 5 nitrogen and oxygen atoms in total. The molecule has 1 aromatic rings. The predicted molar refractivity (Wildman–Crippen MR) is 65.5 cm³/mol. The smallest absolute Gasteiger partial charge is 0.329 e. The lowest BCUT2D eigenvalue weighted by Crippen LogP contribution is -2.54. The van der Waals surface area contributed by atoms with Crippen molar-refractivity contribution in [3.05, 3.63) is 29.0 Å². The molecule has 0 saturated heterocycles. The van der Waals surface area contributed by atoms with Gasteiger partial charge in [0.05, 0.1) is 0 Å². The van der Waals surface area contributed by atoms with Gasteiger partial charge in [0.1, 0.15) is 11.2 Å². The second-order valence-corrected chi connectivity index (χ2v) is 5.03. The Bertz CT molecular complexity index is 502. The van der Waals surface area contributed by atoms with Gasteiger partial charge in [-0.15, -0.1) is 0 Å². The summed E-state index contributed by atoms with van der Waals surface area (Å²) < 4.78 is 0. The second-order valence-electron chi connectivity index (χ2n) is 4.60. The van der Waals surface area contributed by atoms with Crippen LogP contribution in [0.1, 0.15) is 30.3 Å². The van der Waals surface area contributed by atoms with Crippen molar-refractivity contribution < 1.29 is 14.7 Å². The number of aromatic nitrogens is 1. The predicted octanol–water partition coefficient (Wildman–Crippen LogP) is 1.72.